The molecular weight excluding hydrogens is 266 g/mol. The molecular formula is C13H20BrNO. The molecule has 1 aromatic rings. The Kier molecular flexibility index (Phi) is 6.69. The summed E-state index contributed by atoms with van der Waals surface area (Å²) in [5, 5.41) is 0. The monoisotopic (exact) mass is 285 g/mol. The SMILES string of the molecule is CCOCCC(CN)Cc1ccccc1Br. The van der Waals surface area contributed by atoms with Gasteiger partial charge in [-0.2, -0.15) is 0 Å². The van der Waals surface area contributed by atoms with E-state index >= 15 is 0 Å². The standard InChI is InChI=1S/C13H20BrNO/c1-2-16-8-7-11(10-15)9-12-5-3-4-6-13(12)14/h3-6,11H,2,7-10,15H2,1H3. The summed E-state index contributed by atoms with van der Waals surface area (Å²) in [6.45, 7) is 4.33. The molecule has 0 radical (unpaired) electrons. The van der Waals surface area contributed by atoms with Gasteiger partial charge in [0.05, 0.1) is 0 Å². The van der Waals surface area contributed by atoms with Gasteiger partial charge < -0.3 is 10.5 Å². The minimum Gasteiger partial charge on any atom is -0.382 e. The van der Waals surface area contributed by atoms with Crippen molar-refractivity contribution in [2.45, 2.75) is 19.8 Å². The van der Waals surface area contributed by atoms with Crippen LogP contribution in [0.2, 0.25) is 0 Å². The van der Waals surface area contributed by atoms with Gasteiger partial charge in [-0.1, -0.05) is 34.1 Å². The molecule has 0 saturated heterocycles. The zero-order valence-corrected chi connectivity index (χ0v) is 11.4. The van der Waals surface area contributed by atoms with E-state index in [9.17, 15) is 0 Å². The average Bonchev–Trinajstić information content (AvgIpc) is 2.30. The zero-order valence-electron chi connectivity index (χ0n) is 9.79. The van der Waals surface area contributed by atoms with E-state index in [0.717, 1.165) is 26.1 Å². The highest BCUT2D eigenvalue weighted by Crippen LogP contribution is 2.20. The lowest BCUT2D eigenvalue weighted by Gasteiger charge is -2.15. The summed E-state index contributed by atoms with van der Waals surface area (Å²) in [5.74, 6) is 0.505. The van der Waals surface area contributed by atoms with Crippen molar-refractivity contribution in [3.63, 3.8) is 0 Å². The highest BCUT2D eigenvalue weighted by Gasteiger charge is 2.09. The quantitative estimate of drug-likeness (QED) is 0.782. The van der Waals surface area contributed by atoms with Crippen LogP contribution in [0.25, 0.3) is 0 Å². The van der Waals surface area contributed by atoms with Crippen LogP contribution in [-0.2, 0) is 11.2 Å². The summed E-state index contributed by atoms with van der Waals surface area (Å²) >= 11 is 3.56. The number of nitrogens with two attached hydrogens (primary N) is 1. The first-order chi connectivity index (χ1) is 7.77. The third-order valence-corrected chi connectivity index (χ3v) is 3.45. The number of rotatable bonds is 7. The highest BCUT2D eigenvalue weighted by molar-refractivity contribution is 9.10. The van der Waals surface area contributed by atoms with E-state index in [1.54, 1.807) is 0 Å². The summed E-state index contributed by atoms with van der Waals surface area (Å²) in [5.41, 5.74) is 7.11. The van der Waals surface area contributed by atoms with Gasteiger partial charge in [-0.25, -0.2) is 0 Å². The number of ether oxygens (including phenoxy) is 1. The molecule has 1 rings (SSSR count). The van der Waals surface area contributed by atoms with E-state index < -0.39 is 0 Å². The number of hydrogen-bond donors (Lipinski definition) is 1. The second-order valence-corrected chi connectivity index (χ2v) is 4.74. The van der Waals surface area contributed by atoms with E-state index in [1.807, 2.05) is 13.0 Å². The molecule has 1 atom stereocenters. The van der Waals surface area contributed by atoms with Crippen LogP contribution in [0.3, 0.4) is 0 Å². The van der Waals surface area contributed by atoms with Crippen molar-refractivity contribution in [1.29, 1.82) is 0 Å². The van der Waals surface area contributed by atoms with Crippen molar-refractivity contribution in [2.24, 2.45) is 11.7 Å². The number of halogens is 1. The van der Waals surface area contributed by atoms with E-state index in [1.165, 1.54) is 10.0 Å². The Hall–Kier alpha value is -0.380. The topological polar surface area (TPSA) is 35.2 Å². The molecule has 0 saturated carbocycles. The lowest BCUT2D eigenvalue weighted by Crippen LogP contribution is -2.19. The van der Waals surface area contributed by atoms with E-state index in [-0.39, 0.29) is 0 Å². The molecule has 16 heavy (non-hydrogen) atoms. The molecule has 0 amide bonds. The fourth-order valence-corrected chi connectivity index (χ4v) is 2.12. The van der Waals surface area contributed by atoms with Crippen LogP contribution in [0.1, 0.15) is 18.9 Å². The fraction of sp³-hybridized carbons (Fsp3) is 0.538. The lowest BCUT2D eigenvalue weighted by molar-refractivity contribution is 0.132. The Morgan fingerprint density at radius 1 is 1.38 bits per heavy atom. The molecule has 3 heteroatoms. The average molecular weight is 286 g/mol. The van der Waals surface area contributed by atoms with E-state index in [2.05, 4.69) is 34.1 Å². The largest absolute Gasteiger partial charge is 0.382 e. The summed E-state index contributed by atoms with van der Waals surface area (Å²) in [6, 6.07) is 8.32. The first-order valence-electron chi connectivity index (χ1n) is 5.79. The predicted molar refractivity (Wildman–Crippen MR) is 71.5 cm³/mol. The Bertz CT molecular complexity index is 304. The molecule has 0 aliphatic rings. The third kappa shape index (κ3) is 4.64. The first-order valence-corrected chi connectivity index (χ1v) is 6.58. The molecule has 2 N–H and O–H groups in total. The molecule has 0 aromatic heterocycles. The molecule has 0 bridgehead atoms. The second kappa shape index (κ2) is 7.82. The fourth-order valence-electron chi connectivity index (χ4n) is 1.67. The molecule has 0 heterocycles. The van der Waals surface area contributed by atoms with Crippen LogP contribution in [0, 0.1) is 5.92 Å². The van der Waals surface area contributed by atoms with Crippen molar-refractivity contribution in [3.05, 3.63) is 34.3 Å². The maximum absolute atomic E-state index is 5.78. The van der Waals surface area contributed by atoms with E-state index in [4.69, 9.17) is 10.5 Å². The lowest BCUT2D eigenvalue weighted by atomic mass is 9.97. The van der Waals surface area contributed by atoms with Gasteiger partial charge in [0.2, 0.25) is 0 Å². The second-order valence-electron chi connectivity index (χ2n) is 3.88. The maximum Gasteiger partial charge on any atom is 0.0469 e. The smallest absolute Gasteiger partial charge is 0.0469 e. The van der Waals surface area contributed by atoms with Crippen LogP contribution >= 0.6 is 15.9 Å². The van der Waals surface area contributed by atoms with Gasteiger partial charge in [0.1, 0.15) is 0 Å². The van der Waals surface area contributed by atoms with Gasteiger partial charge in [-0.15, -0.1) is 0 Å². The van der Waals surface area contributed by atoms with Crippen LogP contribution in [0.15, 0.2) is 28.7 Å². The van der Waals surface area contributed by atoms with Crippen molar-refractivity contribution in [1.82, 2.24) is 0 Å². The van der Waals surface area contributed by atoms with Gasteiger partial charge in [0.25, 0.3) is 0 Å². The van der Waals surface area contributed by atoms with Gasteiger partial charge >= 0.3 is 0 Å². The summed E-state index contributed by atoms with van der Waals surface area (Å²) in [4.78, 5) is 0. The number of benzene rings is 1. The van der Waals surface area contributed by atoms with Crippen molar-refractivity contribution < 1.29 is 4.74 Å². The minimum absolute atomic E-state index is 0.505. The zero-order chi connectivity index (χ0) is 11.8. The molecule has 1 aromatic carbocycles. The summed E-state index contributed by atoms with van der Waals surface area (Å²) in [6.07, 6.45) is 2.05. The molecule has 2 nitrogen and oxygen atoms in total. The van der Waals surface area contributed by atoms with Crippen molar-refractivity contribution in [3.8, 4) is 0 Å². The first kappa shape index (κ1) is 13.7. The van der Waals surface area contributed by atoms with Gasteiger partial charge in [-0.05, 0) is 43.9 Å². The molecule has 0 spiro atoms. The maximum atomic E-state index is 5.78. The molecule has 90 valence electrons. The highest BCUT2D eigenvalue weighted by atomic mass is 79.9. The Morgan fingerprint density at radius 3 is 2.75 bits per heavy atom. The normalized spacial score (nSPS) is 12.7. The third-order valence-electron chi connectivity index (χ3n) is 2.67. The summed E-state index contributed by atoms with van der Waals surface area (Å²) in [7, 11) is 0. The van der Waals surface area contributed by atoms with E-state index in [0.29, 0.717) is 12.5 Å². The van der Waals surface area contributed by atoms with Crippen LogP contribution in [-0.4, -0.2) is 19.8 Å². The molecule has 0 aliphatic carbocycles. The Labute approximate surface area is 106 Å². The minimum atomic E-state index is 0.505. The Morgan fingerprint density at radius 2 is 2.12 bits per heavy atom. The molecule has 0 aliphatic heterocycles. The molecule has 1 unspecified atom stereocenters. The predicted octanol–water partition coefficient (Wildman–Crippen LogP) is 2.99. The van der Waals surface area contributed by atoms with Crippen LogP contribution in [0.5, 0.6) is 0 Å². The Balaban J connectivity index is 2.46. The molecule has 0 fully saturated rings. The van der Waals surface area contributed by atoms with Gasteiger partial charge in [-0.3, -0.25) is 0 Å². The van der Waals surface area contributed by atoms with Crippen molar-refractivity contribution >= 4 is 15.9 Å². The van der Waals surface area contributed by atoms with Crippen LogP contribution in [0.4, 0.5) is 0 Å². The van der Waals surface area contributed by atoms with Crippen LogP contribution < -0.4 is 5.73 Å². The van der Waals surface area contributed by atoms with Gasteiger partial charge in [0.15, 0.2) is 0 Å². The summed E-state index contributed by atoms with van der Waals surface area (Å²) < 4.78 is 6.54. The number of hydrogen-bond acceptors (Lipinski definition) is 2. The van der Waals surface area contributed by atoms with Crippen molar-refractivity contribution in [2.75, 3.05) is 19.8 Å². The van der Waals surface area contributed by atoms with Gasteiger partial charge in [0, 0.05) is 17.7 Å².